The van der Waals surface area contributed by atoms with Crippen molar-refractivity contribution in [1.29, 1.82) is 0 Å². The van der Waals surface area contributed by atoms with E-state index in [1.165, 1.54) is 0 Å². The van der Waals surface area contributed by atoms with E-state index in [9.17, 15) is 4.79 Å². The normalized spacial score (nSPS) is 22.1. The van der Waals surface area contributed by atoms with E-state index in [2.05, 4.69) is 16.0 Å². The summed E-state index contributed by atoms with van der Waals surface area (Å²) in [4.78, 5) is 10.7. The second-order valence-electron chi connectivity index (χ2n) is 2.41. The summed E-state index contributed by atoms with van der Waals surface area (Å²) in [7, 11) is 1.62. The summed E-state index contributed by atoms with van der Waals surface area (Å²) >= 11 is 0. The van der Waals surface area contributed by atoms with Crippen molar-refractivity contribution in [2.24, 2.45) is 0 Å². The third-order valence-electron chi connectivity index (χ3n) is 1.62. The van der Waals surface area contributed by atoms with Gasteiger partial charge in [-0.1, -0.05) is 0 Å². The molecule has 1 rings (SSSR count). The summed E-state index contributed by atoms with van der Waals surface area (Å²) in [6.07, 6.45) is 1.04. The minimum absolute atomic E-state index is 0. The van der Waals surface area contributed by atoms with Crippen molar-refractivity contribution in [1.82, 2.24) is 16.0 Å². The maximum atomic E-state index is 10.7. The van der Waals surface area contributed by atoms with Crippen LogP contribution in [0.5, 0.6) is 0 Å². The number of hydrogen-bond donors (Lipinski definition) is 3. The highest BCUT2D eigenvalue weighted by Crippen LogP contribution is 1.95. The number of urea groups is 1. The lowest BCUT2D eigenvalue weighted by Gasteiger charge is -2.09. The third-order valence-corrected chi connectivity index (χ3v) is 1.62. The van der Waals surface area contributed by atoms with Gasteiger partial charge >= 0.3 is 6.03 Å². The van der Waals surface area contributed by atoms with E-state index < -0.39 is 0 Å². The Labute approximate surface area is 72.5 Å². The highest BCUT2D eigenvalue weighted by atomic mass is 35.5. The molecule has 0 aromatic heterocycles. The van der Waals surface area contributed by atoms with Crippen LogP contribution in [0.2, 0.25) is 0 Å². The Morgan fingerprint density at radius 3 is 2.82 bits per heavy atom. The van der Waals surface area contributed by atoms with Crippen LogP contribution in [0.4, 0.5) is 4.79 Å². The van der Waals surface area contributed by atoms with Gasteiger partial charge < -0.3 is 16.0 Å². The van der Waals surface area contributed by atoms with Gasteiger partial charge in [0.1, 0.15) is 0 Å². The van der Waals surface area contributed by atoms with Crippen molar-refractivity contribution in [3.8, 4) is 0 Å². The molecule has 0 aliphatic carbocycles. The predicted molar refractivity (Wildman–Crippen MR) is 46.1 cm³/mol. The molecule has 0 aromatic rings. The summed E-state index contributed by atoms with van der Waals surface area (Å²) in [5, 5.41) is 8.49. The maximum absolute atomic E-state index is 10.7. The Bertz CT molecular complexity index is 125. The van der Waals surface area contributed by atoms with Crippen LogP contribution in [0.25, 0.3) is 0 Å². The van der Waals surface area contributed by atoms with Crippen LogP contribution in [0, 0.1) is 0 Å². The van der Waals surface area contributed by atoms with Gasteiger partial charge in [0.25, 0.3) is 0 Å². The molecule has 4 nitrogen and oxygen atoms in total. The van der Waals surface area contributed by atoms with Gasteiger partial charge in [0.05, 0.1) is 0 Å². The summed E-state index contributed by atoms with van der Waals surface area (Å²) in [6, 6.07) is 0.230. The molecule has 0 unspecified atom stereocenters. The van der Waals surface area contributed by atoms with E-state index >= 15 is 0 Å². The topological polar surface area (TPSA) is 53.2 Å². The molecule has 1 aliphatic heterocycles. The predicted octanol–water partition coefficient (Wildman–Crippen LogP) is -0.301. The lowest BCUT2D eigenvalue weighted by atomic mass is 10.3. The fourth-order valence-electron chi connectivity index (χ4n) is 1.04. The highest BCUT2D eigenvalue weighted by molar-refractivity contribution is 5.85. The van der Waals surface area contributed by atoms with Crippen LogP contribution >= 0.6 is 12.4 Å². The van der Waals surface area contributed by atoms with E-state index in [0.29, 0.717) is 6.04 Å². The zero-order chi connectivity index (χ0) is 7.40. The van der Waals surface area contributed by atoms with Gasteiger partial charge in [-0.05, 0) is 13.0 Å². The molecular formula is C6H14ClN3O. The molecule has 1 atom stereocenters. The van der Waals surface area contributed by atoms with Crippen molar-refractivity contribution >= 4 is 18.4 Å². The standard InChI is InChI=1S/C6H13N3O.ClH/c1-7-6(10)9-5-2-3-8-4-5;/h5,8H,2-4H2,1H3,(H2,7,9,10);1H/t5-;/m1./s1. The summed E-state index contributed by atoms with van der Waals surface area (Å²) in [5.41, 5.74) is 0. The molecule has 0 saturated carbocycles. The lowest BCUT2D eigenvalue weighted by Crippen LogP contribution is -2.41. The smallest absolute Gasteiger partial charge is 0.314 e. The molecule has 3 N–H and O–H groups in total. The Morgan fingerprint density at radius 1 is 1.64 bits per heavy atom. The highest BCUT2D eigenvalue weighted by Gasteiger charge is 2.14. The van der Waals surface area contributed by atoms with Gasteiger partial charge in [-0.25, -0.2) is 4.79 Å². The first kappa shape index (κ1) is 10.5. The van der Waals surface area contributed by atoms with Gasteiger partial charge in [-0.2, -0.15) is 0 Å². The molecule has 2 amide bonds. The lowest BCUT2D eigenvalue weighted by molar-refractivity contribution is 0.240. The van der Waals surface area contributed by atoms with Crippen molar-refractivity contribution in [3.63, 3.8) is 0 Å². The van der Waals surface area contributed by atoms with Gasteiger partial charge in [0.2, 0.25) is 0 Å². The van der Waals surface area contributed by atoms with Crippen molar-refractivity contribution < 1.29 is 4.79 Å². The average Bonchev–Trinajstić information content (AvgIpc) is 2.40. The summed E-state index contributed by atoms with van der Waals surface area (Å²) in [5.74, 6) is 0. The molecule has 66 valence electrons. The van der Waals surface area contributed by atoms with Crippen molar-refractivity contribution in [2.45, 2.75) is 12.5 Å². The Balaban J connectivity index is 0.000001000. The first-order chi connectivity index (χ1) is 4.83. The maximum Gasteiger partial charge on any atom is 0.314 e. The first-order valence-corrected chi connectivity index (χ1v) is 3.52. The quantitative estimate of drug-likeness (QED) is 0.518. The van der Waals surface area contributed by atoms with Crippen LogP contribution in [0.15, 0.2) is 0 Å². The molecule has 0 bridgehead atoms. The van der Waals surface area contributed by atoms with Gasteiger partial charge in [-0.3, -0.25) is 0 Å². The number of halogens is 1. The van der Waals surface area contributed by atoms with Crippen molar-refractivity contribution in [2.75, 3.05) is 20.1 Å². The van der Waals surface area contributed by atoms with Gasteiger partial charge in [-0.15, -0.1) is 12.4 Å². The van der Waals surface area contributed by atoms with Gasteiger partial charge in [0, 0.05) is 19.6 Å². The molecular weight excluding hydrogens is 166 g/mol. The molecule has 5 heteroatoms. The number of hydrogen-bond acceptors (Lipinski definition) is 2. The third kappa shape index (κ3) is 3.43. The second kappa shape index (κ2) is 5.21. The minimum Gasteiger partial charge on any atom is -0.341 e. The zero-order valence-electron chi connectivity index (χ0n) is 6.52. The Hall–Kier alpha value is -0.480. The molecule has 1 saturated heterocycles. The van der Waals surface area contributed by atoms with E-state index in [1.54, 1.807) is 7.05 Å². The minimum atomic E-state index is -0.0892. The van der Waals surface area contributed by atoms with Crippen LogP contribution in [0.1, 0.15) is 6.42 Å². The molecule has 1 aliphatic rings. The largest absolute Gasteiger partial charge is 0.341 e. The van der Waals surface area contributed by atoms with E-state index in [0.717, 1.165) is 19.5 Å². The molecule has 1 heterocycles. The molecule has 11 heavy (non-hydrogen) atoms. The van der Waals surface area contributed by atoms with Crippen LogP contribution in [-0.2, 0) is 0 Å². The SMILES string of the molecule is CNC(=O)N[C@@H]1CCNC1.Cl. The number of amides is 2. The van der Waals surface area contributed by atoms with Crippen LogP contribution < -0.4 is 16.0 Å². The van der Waals surface area contributed by atoms with Gasteiger partial charge in [0.15, 0.2) is 0 Å². The second-order valence-corrected chi connectivity index (χ2v) is 2.41. The number of nitrogens with one attached hydrogen (secondary N) is 3. The fraction of sp³-hybridized carbons (Fsp3) is 0.833. The summed E-state index contributed by atoms with van der Waals surface area (Å²) in [6.45, 7) is 1.90. The zero-order valence-corrected chi connectivity index (χ0v) is 7.33. The summed E-state index contributed by atoms with van der Waals surface area (Å²) < 4.78 is 0. The van der Waals surface area contributed by atoms with E-state index in [1.807, 2.05) is 0 Å². The monoisotopic (exact) mass is 179 g/mol. The Morgan fingerprint density at radius 2 is 2.36 bits per heavy atom. The fourth-order valence-corrected chi connectivity index (χ4v) is 1.04. The van der Waals surface area contributed by atoms with E-state index in [-0.39, 0.29) is 18.4 Å². The van der Waals surface area contributed by atoms with Crippen LogP contribution in [-0.4, -0.2) is 32.2 Å². The molecule has 1 fully saturated rings. The van der Waals surface area contributed by atoms with Crippen LogP contribution in [0.3, 0.4) is 0 Å². The molecule has 0 radical (unpaired) electrons. The number of carbonyl (C=O) groups is 1. The Kier molecular flexibility index (Phi) is 4.98. The average molecular weight is 180 g/mol. The molecule has 0 aromatic carbocycles. The first-order valence-electron chi connectivity index (χ1n) is 3.52. The number of rotatable bonds is 1. The number of carbonyl (C=O) groups excluding carboxylic acids is 1. The molecule has 0 spiro atoms. The van der Waals surface area contributed by atoms with Crippen molar-refractivity contribution in [3.05, 3.63) is 0 Å². The van der Waals surface area contributed by atoms with E-state index in [4.69, 9.17) is 0 Å².